The first-order chi connectivity index (χ1) is 9.74. The van der Waals surface area contributed by atoms with E-state index in [-0.39, 0.29) is 24.0 Å². The van der Waals surface area contributed by atoms with Gasteiger partial charge in [-0.3, -0.25) is 0 Å². The third-order valence-corrected chi connectivity index (χ3v) is 3.38. The Morgan fingerprint density at radius 2 is 1.76 bits per heavy atom. The molecule has 2 aromatic carbocycles. The van der Waals surface area contributed by atoms with Crippen LogP contribution in [0.5, 0.6) is 0 Å². The molecule has 2 rings (SSSR count). The van der Waals surface area contributed by atoms with Crippen molar-refractivity contribution in [2.24, 2.45) is 10.7 Å². The van der Waals surface area contributed by atoms with Crippen molar-refractivity contribution in [3.63, 3.8) is 0 Å². The zero-order chi connectivity index (χ0) is 14.2. The summed E-state index contributed by atoms with van der Waals surface area (Å²) in [6.45, 7) is 1.38. The van der Waals surface area contributed by atoms with Gasteiger partial charge in [0, 0.05) is 11.0 Å². The van der Waals surface area contributed by atoms with Crippen LogP contribution in [0.25, 0.3) is 0 Å². The zero-order valence-electron chi connectivity index (χ0n) is 11.6. The molecular weight excluding hydrogens is 441 g/mol. The summed E-state index contributed by atoms with van der Waals surface area (Å²) in [6.07, 6.45) is 0.938. The molecule has 3 N–H and O–H groups in total. The number of hydrogen-bond donors (Lipinski definition) is 2. The topological polar surface area (TPSA) is 50.4 Å². The lowest BCUT2D eigenvalue weighted by atomic mass is 10.1. The van der Waals surface area contributed by atoms with Gasteiger partial charge in [0.05, 0.1) is 6.54 Å². The Bertz CT molecular complexity index is 573. The Morgan fingerprint density at radius 1 is 1.05 bits per heavy atom. The van der Waals surface area contributed by atoms with Gasteiger partial charge in [-0.05, 0) is 29.7 Å². The number of nitrogens with zero attached hydrogens (tertiary/aromatic N) is 1. The summed E-state index contributed by atoms with van der Waals surface area (Å²) in [5, 5.41) is 3.13. The van der Waals surface area contributed by atoms with Crippen LogP contribution >= 0.6 is 39.9 Å². The summed E-state index contributed by atoms with van der Waals surface area (Å²) in [7, 11) is 0. The number of rotatable bonds is 5. The lowest BCUT2D eigenvalue weighted by Gasteiger charge is -2.06. The number of aliphatic imine (C=N–C) groups is 1. The molecule has 112 valence electrons. The van der Waals surface area contributed by atoms with Crippen LogP contribution in [0.1, 0.15) is 11.1 Å². The standard InChI is InChI=1S/C16H18BrN3.HI/c17-15-8-4-7-14(11-15)12-20-16(18)19-10-9-13-5-2-1-3-6-13;/h1-8,11H,9-10,12H2,(H3,18,19,20);1H. The minimum absolute atomic E-state index is 0. The molecule has 5 heteroatoms. The summed E-state index contributed by atoms with van der Waals surface area (Å²) >= 11 is 3.44. The van der Waals surface area contributed by atoms with Crippen molar-refractivity contribution in [2.75, 3.05) is 6.54 Å². The maximum atomic E-state index is 5.85. The monoisotopic (exact) mass is 459 g/mol. The van der Waals surface area contributed by atoms with Gasteiger partial charge in [-0.25, -0.2) is 4.99 Å². The van der Waals surface area contributed by atoms with E-state index in [0.29, 0.717) is 12.5 Å². The van der Waals surface area contributed by atoms with Crippen molar-refractivity contribution in [3.8, 4) is 0 Å². The molecule has 0 unspecified atom stereocenters. The van der Waals surface area contributed by atoms with Crippen molar-refractivity contribution in [3.05, 3.63) is 70.2 Å². The highest BCUT2D eigenvalue weighted by Crippen LogP contribution is 2.12. The van der Waals surface area contributed by atoms with Crippen LogP contribution in [0.2, 0.25) is 0 Å². The van der Waals surface area contributed by atoms with Gasteiger partial charge in [-0.2, -0.15) is 0 Å². The highest BCUT2D eigenvalue weighted by atomic mass is 127. The Labute approximate surface area is 151 Å². The van der Waals surface area contributed by atoms with Crippen LogP contribution < -0.4 is 11.1 Å². The number of halogens is 2. The van der Waals surface area contributed by atoms with Crippen molar-refractivity contribution in [1.82, 2.24) is 5.32 Å². The quantitative estimate of drug-likeness (QED) is 0.406. The Balaban J connectivity index is 0.00000220. The first-order valence-corrected chi connectivity index (χ1v) is 7.35. The fraction of sp³-hybridized carbons (Fsp3) is 0.188. The molecule has 0 aliphatic carbocycles. The van der Waals surface area contributed by atoms with E-state index in [0.717, 1.165) is 23.0 Å². The van der Waals surface area contributed by atoms with E-state index in [4.69, 9.17) is 5.73 Å². The molecule has 3 nitrogen and oxygen atoms in total. The first-order valence-electron chi connectivity index (χ1n) is 6.56. The molecule has 2 aromatic rings. The third kappa shape index (κ3) is 6.95. The van der Waals surface area contributed by atoms with Crippen LogP contribution in [0.4, 0.5) is 0 Å². The van der Waals surface area contributed by atoms with E-state index in [1.165, 1.54) is 5.56 Å². The van der Waals surface area contributed by atoms with Crippen LogP contribution in [0.15, 0.2) is 64.1 Å². The van der Waals surface area contributed by atoms with Gasteiger partial charge in [0.2, 0.25) is 0 Å². The Kier molecular flexibility index (Phi) is 8.37. The second kappa shape index (κ2) is 9.78. The molecule has 0 aliphatic heterocycles. The molecule has 21 heavy (non-hydrogen) atoms. The Morgan fingerprint density at radius 3 is 2.48 bits per heavy atom. The lowest BCUT2D eigenvalue weighted by Crippen LogP contribution is -2.33. The predicted molar refractivity (Wildman–Crippen MR) is 103 cm³/mol. The highest BCUT2D eigenvalue weighted by Gasteiger charge is 1.95. The van der Waals surface area contributed by atoms with Crippen LogP contribution in [0.3, 0.4) is 0 Å². The average molecular weight is 460 g/mol. The molecule has 0 bridgehead atoms. The van der Waals surface area contributed by atoms with Crippen molar-refractivity contribution in [2.45, 2.75) is 13.0 Å². The zero-order valence-corrected chi connectivity index (χ0v) is 15.5. The van der Waals surface area contributed by atoms with E-state index in [2.05, 4.69) is 38.4 Å². The second-order valence-electron chi connectivity index (χ2n) is 4.49. The number of nitrogens with one attached hydrogen (secondary N) is 1. The summed E-state index contributed by atoms with van der Waals surface area (Å²) in [5.41, 5.74) is 8.27. The largest absolute Gasteiger partial charge is 0.370 e. The smallest absolute Gasteiger partial charge is 0.188 e. The van der Waals surface area contributed by atoms with Gasteiger partial charge in [0.15, 0.2) is 5.96 Å². The molecule has 0 fully saturated rings. The summed E-state index contributed by atoms with van der Waals surface area (Å²) in [5.74, 6) is 0.487. The van der Waals surface area contributed by atoms with Crippen molar-refractivity contribution < 1.29 is 0 Å². The molecule has 0 heterocycles. The maximum Gasteiger partial charge on any atom is 0.188 e. The average Bonchev–Trinajstić information content (AvgIpc) is 2.46. The predicted octanol–water partition coefficient (Wildman–Crippen LogP) is 3.71. The number of benzene rings is 2. The maximum absolute atomic E-state index is 5.85. The third-order valence-electron chi connectivity index (χ3n) is 2.88. The minimum atomic E-state index is 0. The fourth-order valence-corrected chi connectivity index (χ4v) is 2.29. The van der Waals surface area contributed by atoms with E-state index < -0.39 is 0 Å². The Hall–Kier alpha value is -1.08. The van der Waals surface area contributed by atoms with E-state index in [9.17, 15) is 0 Å². The number of nitrogens with two attached hydrogens (primary N) is 1. The minimum Gasteiger partial charge on any atom is -0.370 e. The van der Waals surface area contributed by atoms with Crippen LogP contribution in [-0.4, -0.2) is 12.5 Å². The molecule has 0 atom stereocenters. The van der Waals surface area contributed by atoms with Crippen molar-refractivity contribution in [1.29, 1.82) is 0 Å². The summed E-state index contributed by atoms with van der Waals surface area (Å²) in [4.78, 5) is 4.33. The van der Waals surface area contributed by atoms with E-state index >= 15 is 0 Å². The molecule has 0 spiro atoms. The van der Waals surface area contributed by atoms with E-state index in [1.54, 1.807) is 0 Å². The second-order valence-corrected chi connectivity index (χ2v) is 5.41. The van der Waals surface area contributed by atoms with Gasteiger partial charge in [0.25, 0.3) is 0 Å². The summed E-state index contributed by atoms with van der Waals surface area (Å²) < 4.78 is 1.06. The lowest BCUT2D eigenvalue weighted by molar-refractivity contribution is 0.848. The summed E-state index contributed by atoms with van der Waals surface area (Å²) in [6, 6.07) is 18.4. The van der Waals surface area contributed by atoms with Gasteiger partial charge in [-0.1, -0.05) is 58.4 Å². The van der Waals surface area contributed by atoms with E-state index in [1.807, 2.05) is 42.5 Å². The first kappa shape index (κ1) is 18.0. The van der Waals surface area contributed by atoms with Crippen LogP contribution in [0, 0.1) is 0 Å². The molecule has 0 radical (unpaired) electrons. The number of hydrogen-bond acceptors (Lipinski definition) is 1. The van der Waals surface area contributed by atoms with Gasteiger partial charge >= 0.3 is 0 Å². The normalized spacial score (nSPS) is 10.8. The fourth-order valence-electron chi connectivity index (χ4n) is 1.85. The van der Waals surface area contributed by atoms with Crippen LogP contribution in [-0.2, 0) is 13.0 Å². The highest BCUT2D eigenvalue weighted by molar-refractivity contribution is 14.0. The van der Waals surface area contributed by atoms with Crippen molar-refractivity contribution >= 4 is 45.9 Å². The molecule has 0 saturated heterocycles. The van der Waals surface area contributed by atoms with Gasteiger partial charge in [-0.15, -0.1) is 24.0 Å². The number of guanidine groups is 1. The van der Waals surface area contributed by atoms with Gasteiger partial charge < -0.3 is 11.1 Å². The molecule has 0 saturated carbocycles. The molecule has 0 amide bonds. The molecular formula is C16H19BrIN3. The SMILES string of the molecule is I.NC(=NCc1cccc(Br)c1)NCCc1ccccc1. The molecule has 0 aromatic heterocycles. The molecule has 0 aliphatic rings. The van der Waals surface area contributed by atoms with Gasteiger partial charge in [0.1, 0.15) is 0 Å².